The summed E-state index contributed by atoms with van der Waals surface area (Å²) in [5, 5.41) is 7.28. The largest absolute Gasteiger partial charge is 0.493 e. The molecule has 10 nitrogen and oxygen atoms in total. The molecule has 11 heteroatoms. The lowest BCUT2D eigenvalue weighted by Gasteiger charge is -2.18. The Labute approximate surface area is 182 Å². The van der Waals surface area contributed by atoms with Crippen molar-refractivity contribution in [2.24, 2.45) is 5.73 Å². The van der Waals surface area contributed by atoms with Crippen molar-refractivity contribution < 1.29 is 19.1 Å². The molecule has 0 unspecified atom stereocenters. The summed E-state index contributed by atoms with van der Waals surface area (Å²) in [6, 6.07) is 7.14. The Hall–Kier alpha value is -3.60. The van der Waals surface area contributed by atoms with Crippen molar-refractivity contribution in [2.75, 3.05) is 24.8 Å². The van der Waals surface area contributed by atoms with Crippen molar-refractivity contribution in [3.8, 4) is 17.4 Å². The highest BCUT2D eigenvalue weighted by molar-refractivity contribution is 8.00. The average Bonchev–Trinajstić information content (AvgIpc) is 2.97. The molecule has 1 aliphatic heterocycles. The molecule has 2 aromatic heterocycles. The Kier molecular flexibility index (Phi) is 5.76. The zero-order chi connectivity index (χ0) is 22.0. The fourth-order valence-corrected chi connectivity index (χ4v) is 4.49. The number of nitrogens with zero attached hydrogens (tertiary/aromatic N) is 4. The predicted octanol–water partition coefficient (Wildman–Crippen LogP) is 1.62. The molecule has 0 fully saturated rings. The number of nitrogens with two attached hydrogens (primary N) is 1. The average molecular weight is 440 g/mol. The second kappa shape index (κ2) is 8.64. The molecule has 0 bridgehead atoms. The molecule has 31 heavy (non-hydrogen) atoms. The van der Waals surface area contributed by atoms with Gasteiger partial charge in [-0.25, -0.2) is 9.97 Å². The van der Waals surface area contributed by atoms with Gasteiger partial charge in [-0.15, -0.1) is 11.8 Å². The standard InChI is InChI=1S/C20H20N6O4S/c1-11-17-18(12-4-5-13(29-2)14(8-12)30-9-15(21)27)31-10-16(28)24-19(17)26(25-11)20-22-6-3-7-23-20/h3-8,18H,9-10H2,1-2H3,(H2,21,27)(H,24,28)/t18-/m0/s1. The van der Waals surface area contributed by atoms with Crippen LogP contribution in [0.3, 0.4) is 0 Å². The van der Waals surface area contributed by atoms with Gasteiger partial charge in [-0.1, -0.05) is 6.07 Å². The van der Waals surface area contributed by atoms with E-state index in [1.54, 1.807) is 30.6 Å². The number of aromatic nitrogens is 4. The number of methoxy groups -OCH3 is 1. The van der Waals surface area contributed by atoms with Gasteiger partial charge in [0.1, 0.15) is 5.82 Å². The SMILES string of the molecule is COc1ccc([C@@H]2SCC(=O)Nc3c2c(C)nn3-c2ncccn2)cc1OCC(N)=O. The van der Waals surface area contributed by atoms with Gasteiger partial charge >= 0.3 is 0 Å². The number of amides is 2. The lowest BCUT2D eigenvalue weighted by Crippen LogP contribution is -2.20. The third kappa shape index (κ3) is 4.17. The Morgan fingerprint density at radius 2 is 2.10 bits per heavy atom. The van der Waals surface area contributed by atoms with Gasteiger partial charge in [-0.3, -0.25) is 9.59 Å². The van der Waals surface area contributed by atoms with E-state index in [4.69, 9.17) is 15.2 Å². The second-order valence-corrected chi connectivity index (χ2v) is 7.81. The highest BCUT2D eigenvalue weighted by Gasteiger charge is 2.31. The summed E-state index contributed by atoms with van der Waals surface area (Å²) in [6.45, 7) is 1.60. The maximum Gasteiger partial charge on any atom is 0.255 e. The molecule has 0 aliphatic carbocycles. The van der Waals surface area contributed by atoms with Crippen LogP contribution in [0.2, 0.25) is 0 Å². The number of primary amides is 1. The molecular formula is C20H20N6O4S. The third-order valence-corrected chi connectivity index (χ3v) is 5.88. The molecule has 1 aromatic carbocycles. The first-order valence-corrected chi connectivity index (χ1v) is 10.4. The van der Waals surface area contributed by atoms with Crippen molar-refractivity contribution >= 4 is 29.4 Å². The van der Waals surface area contributed by atoms with Gasteiger partial charge in [0.2, 0.25) is 5.91 Å². The van der Waals surface area contributed by atoms with E-state index in [0.29, 0.717) is 23.3 Å². The molecule has 1 aliphatic rings. The summed E-state index contributed by atoms with van der Waals surface area (Å²) >= 11 is 1.46. The van der Waals surface area contributed by atoms with Crippen LogP contribution in [-0.2, 0) is 9.59 Å². The van der Waals surface area contributed by atoms with Crippen LogP contribution in [0.15, 0.2) is 36.7 Å². The zero-order valence-electron chi connectivity index (χ0n) is 16.9. The number of anilines is 1. The molecule has 4 rings (SSSR count). The molecule has 3 aromatic rings. The van der Waals surface area contributed by atoms with Crippen molar-refractivity contribution in [1.29, 1.82) is 0 Å². The van der Waals surface area contributed by atoms with Crippen molar-refractivity contribution in [1.82, 2.24) is 19.7 Å². The molecule has 0 saturated heterocycles. The number of hydrogen-bond acceptors (Lipinski definition) is 8. The fraction of sp³-hybridized carbons (Fsp3) is 0.250. The van der Waals surface area contributed by atoms with Gasteiger partial charge in [0.15, 0.2) is 18.1 Å². The van der Waals surface area contributed by atoms with Crippen LogP contribution in [0.25, 0.3) is 5.95 Å². The van der Waals surface area contributed by atoms with Crippen LogP contribution in [0, 0.1) is 6.92 Å². The number of hydrogen-bond donors (Lipinski definition) is 2. The van der Waals surface area contributed by atoms with Crippen LogP contribution in [-0.4, -0.2) is 51.0 Å². The molecule has 0 spiro atoms. The number of ether oxygens (including phenoxy) is 2. The molecule has 0 saturated carbocycles. The summed E-state index contributed by atoms with van der Waals surface area (Å²) in [7, 11) is 1.52. The number of rotatable bonds is 6. The van der Waals surface area contributed by atoms with Crippen LogP contribution < -0.4 is 20.5 Å². The van der Waals surface area contributed by atoms with Gasteiger partial charge in [0, 0.05) is 18.0 Å². The molecule has 160 valence electrons. The van der Waals surface area contributed by atoms with Crippen molar-refractivity contribution in [2.45, 2.75) is 12.2 Å². The predicted molar refractivity (Wildman–Crippen MR) is 115 cm³/mol. The molecule has 3 N–H and O–H groups in total. The minimum absolute atomic E-state index is 0.149. The molecule has 1 atom stereocenters. The first-order chi connectivity index (χ1) is 15.0. The third-order valence-electron chi connectivity index (χ3n) is 4.61. The Morgan fingerprint density at radius 3 is 2.81 bits per heavy atom. The fourth-order valence-electron chi connectivity index (χ4n) is 3.31. The Morgan fingerprint density at radius 1 is 1.32 bits per heavy atom. The van der Waals surface area contributed by atoms with Crippen LogP contribution >= 0.6 is 11.8 Å². The number of fused-ring (bicyclic) bond motifs is 1. The summed E-state index contributed by atoms with van der Waals surface area (Å²) in [6.07, 6.45) is 3.23. The van der Waals surface area contributed by atoms with Gasteiger partial charge in [-0.2, -0.15) is 9.78 Å². The van der Waals surface area contributed by atoms with Crippen LogP contribution in [0.1, 0.15) is 22.1 Å². The number of carbonyl (C=O) groups excluding carboxylic acids is 2. The summed E-state index contributed by atoms with van der Waals surface area (Å²) < 4.78 is 12.4. The van der Waals surface area contributed by atoms with Crippen molar-refractivity contribution in [3.63, 3.8) is 0 Å². The quantitative estimate of drug-likeness (QED) is 0.590. The highest BCUT2D eigenvalue weighted by Crippen LogP contribution is 2.45. The van der Waals surface area contributed by atoms with E-state index >= 15 is 0 Å². The van der Waals surface area contributed by atoms with Crippen LogP contribution in [0.5, 0.6) is 11.5 Å². The number of carbonyl (C=O) groups is 2. The zero-order valence-corrected chi connectivity index (χ0v) is 17.7. The van der Waals surface area contributed by atoms with Gasteiger partial charge in [0.05, 0.1) is 23.8 Å². The minimum Gasteiger partial charge on any atom is -0.493 e. The number of benzene rings is 1. The molecular weight excluding hydrogens is 420 g/mol. The van der Waals surface area contributed by atoms with E-state index in [-0.39, 0.29) is 23.5 Å². The van der Waals surface area contributed by atoms with E-state index in [9.17, 15) is 9.59 Å². The second-order valence-electron chi connectivity index (χ2n) is 6.71. The topological polar surface area (TPSA) is 134 Å². The highest BCUT2D eigenvalue weighted by atomic mass is 32.2. The lowest BCUT2D eigenvalue weighted by atomic mass is 10.0. The molecule has 3 heterocycles. The molecule has 2 amide bonds. The number of aryl methyl sites for hydroxylation is 1. The van der Waals surface area contributed by atoms with Gasteiger partial charge in [0.25, 0.3) is 11.9 Å². The number of thioether (sulfide) groups is 1. The first-order valence-electron chi connectivity index (χ1n) is 9.35. The number of nitrogens with one attached hydrogen (secondary N) is 1. The van der Waals surface area contributed by atoms with E-state index in [1.165, 1.54) is 23.6 Å². The summed E-state index contributed by atoms with van der Waals surface area (Å²) in [5.41, 5.74) is 7.65. The maximum absolute atomic E-state index is 12.5. The smallest absolute Gasteiger partial charge is 0.255 e. The van der Waals surface area contributed by atoms with E-state index in [2.05, 4.69) is 20.4 Å². The summed E-state index contributed by atoms with van der Waals surface area (Å²) in [4.78, 5) is 32.1. The summed E-state index contributed by atoms with van der Waals surface area (Å²) in [5.74, 6) is 1.26. The lowest BCUT2D eigenvalue weighted by molar-refractivity contribution is -0.120. The van der Waals surface area contributed by atoms with Crippen LogP contribution in [0.4, 0.5) is 5.82 Å². The Bertz CT molecular complexity index is 1130. The van der Waals surface area contributed by atoms with Gasteiger partial charge < -0.3 is 20.5 Å². The first kappa shape index (κ1) is 20.7. The Balaban J connectivity index is 1.81. The van der Waals surface area contributed by atoms with E-state index < -0.39 is 5.91 Å². The minimum atomic E-state index is -0.589. The monoisotopic (exact) mass is 440 g/mol. The maximum atomic E-state index is 12.5. The normalized spacial score (nSPS) is 15.5. The van der Waals surface area contributed by atoms with E-state index in [1.807, 2.05) is 13.0 Å². The van der Waals surface area contributed by atoms with E-state index in [0.717, 1.165) is 16.8 Å². The van der Waals surface area contributed by atoms with Crippen molar-refractivity contribution in [3.05, 3.63) is 53.5 Å². The van der Waals surface area contributed by atoms with Gasteiger partial charge in [-0.05, 0) is 30.7 Å². The molecule has 0 radical (unpaired) electrons.